The number of carbonyl (C=O) groups excluding carboxylic acids is 2. The smallest absolute Gasteiger partial charge is 0.238 e. The van der Waals surface area contributed by atoms with Crippen LogP contribution in [0, 0.1) is 0 Å². The second-order valence-electron chi connectivity index (χ2n) is 6.38. The molecule has 0 saturated carbocycles. The number of hydrogen-bond acceptors (Lipinski definition) is 4. The van der Waals surface area contributed by atoms with Gasteiger partial charge in [0.1, 0.15) is 11.2 Å². The fourth-order valence-corrected chi connectivity index (χ4v) is 2.87. The molecule has 0 spiro atoms. The maximum Gasteiger partial charge on any atom is 0.238 e. The predicted octanol–water partition coefficient (Wildman–Crippen LogP) is 2.98. The molecule has 1 aromatic heterocycles. The number of nitrogens with zero attached hydrogens (tertiary/aromatic N) is 1. The number of benzene rings is 2. The maximum atomic E-state index is 12.2. The molecule has 0 aliphatic heterocycles. The summed E-state index contributed by atoms with van der Waals surface area (Å²) in [6.07, 6.45) is 0.890. The van der Waals surface area contributed by atoms with Crippen LogP contribution < -0.4 is 10.6 Å². The van der Waals surface area contributed by atoms with Crippen LogP contribution in [0.4, 0.5) is 5.69 Å². The number of amides is 2. The van der Waals surface area contributed by atoms with E-state index in [1.165, 1.54) is 0 Å². The number of furan rings is 1. The standard InChI is InChI=1S/C20H23N3O3/c1-3-10-21-19(24)12-23(2)13-20(25)22-14-8-9-18-16(11-14)15-6-4-5-7-17(15)26-18/h4-9,11H,3,10,12-13H2,1-2H3,(H,21,24)(H,22,25). The maximum absolute atomic E-state index is 12.2. The van der Waals surface area contributed by atoms with E-state index in [2.05, 4.69) is 10.6 Å². The van der Waals surface area contributed by atoms with Crippen LogP contribution in [0.25, 0.3) is 21.9 Å². The largest absolute Gasteiger partial charge is 0.456 e. The molecular formula is C20H23N3O3. The van der Waals surface area contributed by atoms with Crippen molar-refractivity contribution in [3.05, 3.63) is 42.5 Å². The van der Waals surface area contributed by atoms with Gasteiger partial charge >= 0.3 is 0 Å². The van der Waals surface area contributed by atoms with Gasteiger partial charge in [-0.15, -0.1) is 0 Å². The quantitative estimate of drug-likeness (QED) is 0.685. The van der Waals surface area contributed by atoms with Crippen molar-refractivity contribution in [3.63, 3.8) is 0 Å². The molecule has 0 unspecified atom stereocenters. The van der Waals surface area contributed by atoms with Gasteiger partial charge < -0.3 is 15.1 Å². The highest BCUT2D eigenvalue weighted by Gasteiger charge is 2.12. The summed E-state index contributed by atoms with van der Waals surface area (Å²) in [6, 6.07) is 13.4. The molecular weight excluding hydrogens is 330 g/mol. The zero-order valence-electron chi connectivity index (χ0n) is 15.0. The van der Waals surface area contributed by atoms with Crippen molar-refractivity contribution in [2.24, 2.45) is 0 Å². The Hall–Kier alpha value is -2.86. The molecule has 0 aliphatic carbocycles. The number of anilines is 1. The van der Waals surface area contributed by atoms with Crippen molar-refractivity contribution in [1.29, 1.82) is 0 Å². The molecule has 2 amide bonds. The van der Waals surface area contributed by atoms with Crippen LogP contribution >= 0.6 is 0 Å². The van der Waals surface area contributed by atoms with Crippen molar-refractivity contribution in [2.75, 3.05) is 32.0 Å². The van der Waals surface area contributed by atoms with Gasteiger partial charge in [-0.05, 0) is 37.7 Å². The van der Waals surface area contributed by atoms with Crippen molar-refractivity contribution >= 4 is 39.4 Å². The van der Waals surface area contributed by atoms with E-state index < -0.39 is 0 Å². The summed E-state index contributed by atoms with van der Waals surface area (Å²) in [4.78, 5) is 25.6. The van der Waals surface area contributed by atoms with E-state index in [1.54, 1.807) is 11.9 Å². The third kappa shape index (κ3) is 4.21. The summed E-state index contributed by atoms with van der Waals surface area (Å²) in [5.74, 6) is -0.239. The molecule has 0 fully saturated rings. The number of hydrogen-bond donors (Lipinski definition) is 2. The minimum Gasteiger partial charge on any atom is -0.456 e. The van der Waals surface area contributed by atoms with Crippen LogP contribution in [-0.4, -0.2) is 43.4 Å². The van der Waals surface area contributed by atoms with Gasteiger partial charge in [-0.3, -0.25) is 14.5 Å². The van der Waals surface area contributed by atoms with Crippen LogP contribution in [-0.2, 0) is 9.59 Å². The van der Waals surface area contributed by atoms with Gasteiger partial charge in [0, 0.05) is 23.0 Å². The Morgan fingerprint density at radius 2 is 1.73 bits per heavy atom. The lowest BCUT2D eigenvalue weighted by atomic mass is 10.1. The first-order chi connectivity index (χ1) is 12.6. The van der Waals surface area contributed by atoms with E-state index in [0.29, 0.717) is 12.2 Å². The van der Waals surface area contributed by atoms with E-state index in [0.717, 1.165) is 28.4 Å². The van der Waals surface area contributed by atoms with Gasteiger partial charge in [0.05, 0.1) is 13.1 Å². The number of carbonyl (C=O) groups is 2. The minimum absolute atomic E-state index is 0.0755. The molecule has 0 atom stereocenters. The van der Waals surface area contributed by atoms with Gasteiger partial charge in [-0.2, -0.15) is 0 Å². The van der Waals surface area contributed by atoms with Crippen molar-refractivity contribution in [1.82, 2.24) is 10.2 Å². The lowest BCUT2D eigenvalue weighted by molar-refractivity contribution is -0.122. The summed E-state index contributed by atoms with van der Waals surface area (Å²) >= 11 is 0. The average molecular weight is 353 g/mol. The highest BCUT2D eigenvalue weighted by atomic mass is 16.3. The van der Waals surface area contributed by atoms with E-state index >= 15 is 0 Å². The molecule has 136 valence electrons. The fraction of sp³-hybridized carbons (Fsp3) is 0.300. The molecule has 0 aliphatic rings. The molecule has 2 aromatic carbocycles. The summed E-state index contributed by atoms with van der Waals surface area (Å²) in [5, 5.41) is 7.66. The third-order valence-electron chi connectivity index (χ3n) is 4.06. The van der Waals surface area contributed by atoms with Gasteiger partial charge in [0.15, 0.2) is 0 Å². The summed E-state index contributed by atoms with van der Waals surface area (Å²) in [7, 11) is 1.75. The molecule has 6 heteroatoms. The van der Waals surface area contributed by atoms with E-state index in [4.69, 9.17) is 4.42 Å². The Bertz CT molecular complexity index is 932. The zero-order valence-corrected chi connectivity index (χ0v) is 15.0. The zero-order chi connectivity index (χ0) is 18.5. The summed E-state index contributed by atoms with van der Waals surface area (Å²) < 4.78 is 5.79. The Morgan fingerprint density at radius 1 is 1.00 bits per heavy atom. The van der Waals surface area contributed by atoms with E-state index in [9.17, 15) is 9.59 Å². The second kappa shape index (κ2) is 8.01. The highest BCUT2D eigenvalue weighted by molar-refractivity contribution is 6.07. The summed E-state index contributed by atoms with van der Waals surface area (Å²) in [6.45, 7) is 2.98. The van der Waals surface area contributed by atoms with Crippen LogP contribution in [0.15, 0.2) is 46.9 Å². The normalized spacial score (nSPS) is 11.2. The fourth-order valence-electron chi connectivity index (χ4n) is 2.87. The number of para-hydroxylation sites is 1. The molecule has 0 saturated heterocycles. The van der Waals surface area contributed by atoms with Crippen molar-refractivity contribution < 1.29 is 14.0 Å². The number of rotatable bonds is 7. The van der Waals surface area contributed by atoms with Gasteiger partial charge in [0.25, 0.3) is 0 Å². The molecule has 3 rings (SSSR count). The lowest BCUT2D eigenvalue weighted by Gasteiger charge is -2.15. The SMILES string of the molecule is CCCNC(=O)CN(C)CC(=O)Nc1ccc2oc3ccccc3c2c1. The monoisotopic (exact) mass is 353 g/mol. The first kappa shape index (κ1) is 17.9. The summed E-state index contributed by atoms with van der Waals surface area (Å²) in [5.41, 5.74) is 2.32. The lowest BCUT2D eigenvalue weighted by Crippen LogP contribution is -2.39. The van der Waals surface area contributed by atoms with Crippen LogP contribution in [0.3, 0.4) is 0 Å². The number of nitrogens with one attached hydrogen (secondary N) is 2. The molecule has 6 nitrogen and oxygen atoms in total. The number of likely N-dealkylation sites (N-methyl/N-ethyl adjacent to an activating group) is 1. The average Bonchev–Trinajstić information content (AvgIpc) is 2.97. The molecule has 2 N–H and O–H groups in total. The van der Waals surface area contributed by atoms with Crippen LogP contribution in [0.5, 0.6) is 0 Å². The number of fused-ring (bicyclic) bond motifs is 3. The van der Waals surface area contributed by atoms with E-state index in [1.807, 2.05) is 49.4 Å². The third-order valence-corrected chi connectivity index (χ3v) is 4.06. The topological polar surface area (TPSA) is 74.6 Å². The predicted molar refractivity (Wildman–Crippen MR) is 103 cm³/mol. The Balaban J connectivity index is 1.63. The Labute approximate surface area is 152 Å². The first-order valence-electron chi connectivity index (χ1n) is 8.73. The second-order valence-corrected chi connectivity index (χ2v) is 6.38. The van der Waals surface area contributed by atoms with Gasteiger partial charge in [-0.1, -0.05) is 25.1 Å². The Kier molecular flexibility index (Phi) is 5.53. The van der Waals surface area contributed by atoms with Crippen LogP contribution in [0.1, 0.15) is 13.3 Å². The van der Waals surface area contributed by atoms with Gasteiger partial charge in [-0.25, -0.2) is 0 Å². The molecule has 0 radical (unpaired) electrons. The van der Waals surface area contributed by atoms with Crippen molar-refractivity contribution in [3.8, 4) is 0 Å². The first-order valence-corrected chi connectivity index (χ1v) is 8.73. The molecule has 1 heterocycles. The van der Waals surface area contributed by atoms with Crippen molar-refractivity contribution in [2.45, 2.75) is 13.3 Å². The highest BCUT2D eigenvalue weighted by Crippen LogP contribution is 2.30. The van der Waals surface area contributed by atoms with Crippen LogP contribution in [0.2, 0.25) is 0 Å². The Morgan fingerprint density at radius 3 is 2.54 bits per heavy atom. The minimum atomic E-state index is -0.164. The molecule has 0 bridgehead atoms. The molecule has 3 aromatic rings. The molecule has 26 heavy (non-hydrogen) atoms. The van der Waals surface area contributed by atoms with Gasteiger partial charge in [0.2, 0.25) is 11.8 Å². The van der Waals surface area contributed by atoms with E-state index in [-0.39, 0.29) is 24.9 Å².